The number of hydrogen-bond donors (Lipinski definition) is 2. The fourth-order valence-corrected chi connectivity index (χ4v) is 1.88. The molecule has 0 radical (unpaired) electrons. The van der Waals surface area contributed by atoms with Crippen LogP contribution in [0.1, 0.15) is 16.7 Å². The first-order valence-electron chi connectivity index (χ1n) is 6.37. The second-order valence-electron chi connectivity index (χ2n) is 4.60. The van der Waals surface area contributed by atoms with Crippen LogP contribution in [-0.2, 0) is 0 Å². The largest absolute Gasteiger partial charge is 0.331 e. The minimum absolute atomic E-state index is 0.470. The van der Waals surface area contributed by atoms with Crippen molar-refractivity contribution in [1.29, 1.82) is 0 Å². The molecule has 2 aromatic carbocycles. The Morgan fingerprint density at radius 1 is 1.05 bits per heavy atom. The second kappa shape index (κ2) is 6.82. The third-order valence-corrected chi connectivity index (χ3v) is 2.92. The zero-order chi connectivity index (χ0) is 14.4. The van der Waals surface area contributed by atoms with Crippen LogP contribution in [-0.4, -0.2) is 11.3 Å². The van der Waals surface area contributed by atoms with E-state index < -0.39 is 0 Å². The van der Waals surface area contributed by atoms with Crippen molar-refractivity contribution in [1.82, 2.24) is 5.43 Å². The molecule has 102 valence electrons. The van der Waals surface area contributed by atoms with E-state index in [4.69, 9.17) is 12.2 Å². The molecule has 0 fully saturated rings. The predicted molar refractivity (Wildman–Crippen MR) is 89.3 cm³/mol. The van der Waals surface area contributed by atoms with Crippen molar-refractivity contribution >= 4 is 29.2 Å². The van der Waals surface area contributed by atoms with Crippen molar-refractivity contribution < 1.29 is 0 Å². The molecule has 0 aliphatic rings. The molecule has 0 aliphatic heterocycles. The van der Waals surface area contributed by atoms with Crippen LogP contribution in [0.4, 0.5) is 5.69 Å². The molecular formula is C16H17N3S. The normalized spacial score (nSPS) is 10.5. The average Bonchev–Trinajstić information content (AvgIpc) is 2.41. The van der Waals surface area contributed by atoms with Crippen LogP contribution in [0.15, 0.2) is 53.6 Å². The van der Waals surface area contributed by atoms with Gasteiger partial charge >= 0.3 is 0 Å². The van der Waals surface area contributed by atoms with E-state index in [2.05, 4.69) is 21.9 Å². The van der Waals surface area contributed by atoms with Crippen molar-refractivity contribution in [3.8, 4) is 0 Å². The summed E-state index contributed by atoms with van der Waals surface area (Å²) in [5, 5.41) is 7.66. The Balaban J connectivity index is 1.87. The fraction of sp³-hybridized carbons (Fsp3) is 0.125. The number of hydrazone groups is 1. The van der Waals surface area contributed by atoms with Gasteiger partial charge in [-0.05, 0) is 43.8 Å². The maximum atomic E-state index is 5.17. The first-order chi connectivity index (χ1) is 9.63. The van der Waals surface area contributed by atoms with Crippen LogP contribution in [0.3, 0.4) is 0 Å². The van der Waals surface area contributed by atoms with Crippen molar-refractivity contribution in [3.05, 3.63) is 65.2 Å². The zero-order valence-corrected chi connectivity index (χ0v) is 12.4. The molecule has 0 bridgehead atoms. The second-order valence-corrected chi connectivity index (χ2v) is 5.01. The van der Waals surface area contributed by atoms with Crippen LogP contribution in [0.25, 0.3) is 0 Å². The number of aryl methyl sites for hydroxylation is 2. The van der Waals surface area contributed by atoms with Crippen molar-refractivity contribution in [2.75, 3.05) is 5.32 Å². The molecule has 0 atom stereocenters. The van der Waals surface area contributed by atoms with Gasteiger partial charge < -0.3 is 5.32 Å². The van der Waals surface area contributed by atoms with Crippen LogP contribution >= 0.6 is 12.2 Å². The van der Waals surface area contributed by atoms with E-state index in [1.54, 1.807) is 6.21 Å². The van der Waals surface area contributed by atoms with E-state index in [0.29, 0.717) is 5.11 Å². The van der Waals surface area contributed by atoms with Gasteiger partial charge in [0.1, 0.15) is 0 Å². The SMILES string of the molecule is Cc1ccc(NC(=S)N/N=C/c2cccc(C)c2)cc1. The highest BCUT2D eigenvalue weighted by atomic mass is 32.1. The van der Waals surface area contributed by atoms with Gasteiger partial charge in [0.15, 0.2) is 5.11 Å². The van der Waals surface area contributed by atoms with Crippen LogP contribution in [0.5, 0.6) is 0 Å². The number of hydrogen-bond acceptors (Lipinski definition) is 2. The highest BCUT2D eigenvalue weighted by molar-refractivity contribution is 7.80. The molecule has 20 heavy (non-hydrogen) atoms. The van der Waals surface area contributed by atoms with Gasteiger partial charge in [-0.3, -0.25) is 5.43 Å². The average molecular weight is 283 g/mol. The molecule has 0 saturated heterocycles. The van der Waals surface area contributed by atoms with Crippen LogP contribution < -0.4 is 10.7 Å². The molecule has 0 saturated carbocycles. The predicted octanol–water partition coefficient (Wildman–Crippen LogP) is 3.62. The number of benzene rings is 2. The summed E-state index contributed by atoms with van der Waals surface area (Å²) in [6.45, 7) is 4.10. The molecular weight excluding hydrogens is 266 g/mol. The molecule has 0 aliphatic carbocycles. The van der Waals surface area contributed by atoms with Gasteiger partial charge in [-0.2, -0.15) is 5.10 Å². The van der Waals surface area contributed by atoms with Gasteiger partial charge in [0.25, 0.3) is 0 Å². The summed E-state index contributed by atoms with van der Waals surface area (Å²) in [4.78, 5) is 0. The summed E-state index contributed by atoms with van der Waals surface area (Å²) in [6, 6.07) is 16.1. The minimum atomic E-state index is 0.470. The van der Waals surface area contributed by atoms with Gasteiger partial charge in [0.2, 0.25) is 0 Å². The van der Waals surface area contributed by atoms with E-state index in [9.17, 15) is 0 Å². The Morgan fingerprint density at radius 3 is 2.50 bits per heavy atom. The quantitative estimate of drug-likeness (QED) is 0.513. The maximum Gasteiger partial charge on any atom is 0.191 e. The minimum Gasteiger partial charge on any atom is -0.331 e. The van der Waals surface area contributed by atoms with E-state index in [1.165, 1.54) is 11.1 Å². The zero-order valence-electron chi connectivity index (χ0n) is 11.6. The molecule has 0 spiro atoms. The molecule has 0 amide bonds. The van der Waals surface area contributed by atoms with Gasteiger partial charge in [-0.1, -0.05) is 47.5 Å². The Bertz CT molecular complexity index is 618. The summed E-state index contributed by atoms with van der Waals surface area (Å²) >= 11 is 5.17. The maximum absolute atomic E-state index is 5.17. The van der Waals surface area contributed by atoms with Gasteiger partial charge in [-0.25, -0.2) is 0 Å². The number of thiocarbonyl (C=S) groups is 1. The molecule has 2 rings (SSSR count). The van der Waals surface area contributed by atoms with Crippen LogP contribution in [0.2, 0.25) is 0 Å². The summed E-state index contributed by atoms with van der Waals surface area (Å²) in [7, 11) is 0. The first kappa shape index (κ1) is 14.2. The number of rotatable bonds is 3. The molecule has 3 nitrogen and oxygen atoms in total. The Kier molecular flexibility index (Phi) is 4.85. The number of nitrogens with one attached hydrogen (secondary N) is 2. The highest BCUT2D eigenvalue weighted by Gasteiger charge is 1.95. The van der Waals surface area contributed by atoms with Crippen molar-refractivity contribution in [3.63, 3.8) is 0 Å². The third kappa shape index (κ3) is 4.48. The topological polar surface area (TPSA) is 36.4 Å². The van der Waals surface area contributed by atoms with Crippen molar-refractivity contribution in [2.45, 2.75) is 13.8 Å². The Hall–Kier alpha value is -2.20. The molecule has 4 heteroatoms. The van der Waals surface area contributed by atoms with Gasteiger partial charge in [0.05, 0.1) is 6.21 Å². The van der Waals surface area contributed by atoms with Crippen molar-refractivity contribution in [2.24, 2.45) is 5.10 Å². The highest BCUT2D eigenvalue weighted by Crippen LogP contribution is 2.08. The van der Waals surface area contributed by atoms with E-state index in [1.807, 2.05) is 56.3 Å². The molecule has 0 heterocycles. The molecule has 0 aromatic heterocycles. The molecule has 2 N–H and O–H groups in total. The standard InChI is InChI=1S/C16H17N3S/c1-12-6-8-15(9-7-12)18-16(20)19-17-11-14-5-3-4-13(2)10-14/h3-11H,1-2H3,(H2,18,19,20)/b17-11+. The lowest BCUT2D eigenvalue weighted by atomic mass is 10.2. The summed E-state index contributed by atoms with van der Waals surface area (Å²) in [5.74, 6) is 0. The smallest absolute Gasteiger partial charge is 0.191 e. The lowest BCUT2D eigenvalue weighted by molar-refractivity contribution is 1.05. The fourth-order valence-electron chi connectivity index (χ4n) is 1.71. The van der Waals surface area contributed by atoms with Gasteiger partial charge in [0, 0.05) is 5.69 Å². The Labute approximate surface area is 124 Å². The van der Waals surface area contributed by atoms with E-state index in [-0.39, 0.29) is 0 Å². The lowest BCUT2D eigenvalue weighted by Crippen LogP contribution is -2.23. The van der Waals surface area contributed by atoms with Gasteiger partial charge in [-0.15, -0.1) is 0 Å². The lowest BCUT2D eigenvalue weighted by Gasteiger charge is -2.06. The first-order valence-corrected chi connectivity index (χ1v) is 6.78. The monoisotopic (exact) mass is 283 g/mol. The van der Waals surface area contributed by atoms with E-state index in [0.717, 1.165) is 11.3 Å². The summed E-state index contributed by atoms with van der Waals surface area (Å²) in [6.07, 6.45) is 1.75. The summed E-state index contributed by atoms with van der Waals surface area (Å²) in [5.41, 5.74) is 7.20. The summed E-state index contributed by atoms with van der Waals surface area (Å²) < 4.78 is 0. The van der Waals surface area contributed by atoms with Crippen LogP contribution in [0, 0.1) is 13.8 Å². The number of anilines is 1. The van der Waals surface area contributed by atoms with E-state index >= 15 is 0 Å². The number of nitrogens with zero attached hydrogens (tertiary/aromatic N) is 1. The molecule has 2 aromatic rings. The molecule has 0 unspecified atom stereocenters. The Morgan fingerprint density at radius 2 is 1.80 bits per heavy atom. The third-order valence-electron chi connectivity index (χ3n) is 2.73.